The van der Waals surface area contributed by atoms with Gasteiger partial charge in [-0.1, -0.05) is 77.1 Å². The number of benzene rings is 4. The van der Waals surface area contributed by atoms with Gasteiger partial charge in [0.2, 0.25) is 5.69 Å². The summed E-state index contributed by atoms with van der Waals surface area (Å²) in [6.45, 7) is 13.8. The lowest BCUT2D eigenvalue weighted by atomic mass is 9.85. The van der Waals surface area contributed by atoms with Gasteiger partial charge in [-0.3, -0.25) is 0 Å². The lowest BCUT2D eigenvalue weighted by Gasteiger charge is -2.26. The van der Waals surface area contributed by atoms with E-state index >= 15 is 0 Å². The zero-order valence-corrected chi connectivity index (χ0v) is 22.6. The molecular weight excluding hydrogens is 438 g/mol. The van der Waals surface area contributed by atoms with Crippen molar-refractivity contribution in [3.05, 3.63) is 77.5 Å². The van der Waals surface area contributed by atoms with E-state index in [1.807, 2.05) is 0 Å². The molecule has 1 aliphatic rings. The van der Waals surface area contributed by atoms with E-state index in [9.17, 15) is 0 Å². The van der Waals surface area contributed by atoms with Crippen LogP contribution in [-0.4, -0.2) is 0 Å². The van der Waals surface area contributed by atoms with Gasteiger partial charge in [0.25, 0.3) is 0 Å². The number of ether oxygens (including phenoxy) is 1. The van der Waals surface area contributed by atoms with Crippen LogP contribution in [0, 0.1) is 18.3 Å². The maximum Gasteiger partial charge on any atom is 0.228 e. The van der Waals surface area contributed by atoms with Crippen LogP contribution in [-0.2, 0) is 19.9 Å². The third kappa shape index (κ3) is 3.58. The monoisotopic (exact) mass is 474 g/mol. The van der Waals surface area contributed by atoms with Gasteiger partial charge >= 0.3 is 0 Å². The number of rotatable bonds is 3. The minimum atomic E-state index is 0.249. The number of hydrogen-bond donors (Lipinski definition) is 0. The smallest absolute Gasteiger partial charge is 0.228 e. The van der Waals surface area contributed by atoms with Gasteiger partial charge in [-0.25, -0.2) is 4.57 Å². The quantitative estimate of drug-likeness (QED) is 0.184. The van der Waals surface area contributed by atoms with Crippen LogP contribution in [0.2, 0.25) is 0 Å². The standard InChI is InChI=1S/C34H36NO/c1-20(2)16-28-26-11-9-8-10-24(26)21(3)30-32-31-27(14-15-35(32)7)25-13-12-22(19-34(4,5)6)17-23(25)18-29(31)36-33(28)30/h8-15,17-18,20H,16,19H2,1-7H3/q+1. The molecule has 182 valence electrons. The molecule has 0 aliphatic carbocycles. The Morgan fingerprint density at radius 3 is 2.36 bits per heavy atom. The molecular formula is C34H36NO+. The number of nitrogens with zero attached hydrogens (tertiary/aromatic N) is 1. The molecule has 2 heterocycles. The molecule has 0 atom stereocenters. The van der Waals surface area contributed by atoms with Crippen molar-refractivity contribution >= 4 is 32.3 Å². The molecule has 2 nitrogen and oxygen atoms in total. The summed E-state index contributed by atoms with van der Waals surface area (Å²) < 4.78 is 9.25. The third-order valence-corrected chi connectivity index (χ3v) is 7.59. The summed E-state index contributed by atoms with van der Waals surface area (Å²) in [6, 6.07) is 20.4. The molecule has 5 aromatic rings. The molecule has 36 heavy (non-hydrogen) atoms. The predicted molar refractivity (Wildman–Crippen MR) is 152 cm³/mol. The summed E-state index contributed by atoms with van der Waals surface area (Å²) >= 11 is 0. The highest BCUT2D eigenvalue weighted by Gasteiger charge is 2.33. The van der Waals surface area contributed by atoms with E-state index in [-0.39, 0.29) is 5.41 Å². The van der Waals surface area contributed by atoms with E-state index < -0.39 is 0 Å². The molecule has 0 saturated carbocycles. The van der Waals surface area contributed by atoms with E-state index in [4.69, 9.17) is 4.74 Å². The molecule has 0 saturated heterocycles. The number of aryl methyl sites for hydroxylation is 2. The first kappa shape index (κ1) is 23.0. The van der Waals surface area contributed by atoms with Gasteiger partial charge in [0.05, 0.1) is 10.9 Å². The summed E-state index contributed by atoms with van der Waals surface area (Å²) in [5, 5.41) is 7.67. The topological polar surface area (TPSA) is 13.1 Å². The van der Waals surface area contributed by atoms with Gasteiger partial charge in [-0.2, -0.15) is 0 Å². The van der Waals surface area contributed by atoms with Crippen LogP contribution in [0.1, 0.15) is 51.3 Å². The van der Waals surface area contributed by atoms with E-state index in [1.165, 1.54) is 60.3 Å². The van der Waals surface area contributed by atoms with Crippen molar-refractivity contribution in [1.29, 1.82) is 0 Å². The summed E-state index contributed by atoms with van der Waals surface area (Å²) in [7, 11) is 2.17. The van der Waals surface area contributed by atoms with Crippen molar-refractivity contribution in [2.24, 2.45) is 18.4 Å². The fourth-order valence-electron chi connectivity index (χ4n) is 6.19. The second-order valence-corrected chi connectivity index (χ2v) is 12.3. The van der Waals surface area contributed by atoms with Crippen LogP contribution in [0.5, 0.6) is 11.5 Å². The molecule has 0 amide bonds. The highest BCUT2D eigenvalue weighted by molar-refractivity contribution is 6.16. The van der Waals surface area contributed by atoms with Crippen LogP contribution >= 0.6 is 0 Å². The summed E-state index contributed by atoms with van der Waals surface area (Å²) in [6.07, 6.45) is 4.26. The molecule has 0 N–H and O–H groups in total. The van der Waals surface area contributed by atoms with Crippen LogP contribution in [0.4, 0.5) is 0 Å². The number of aromatic nitrogens is 1. The van der Waals surface area contributed by atoms with Gasteiger partial charge in [0, 0.05) is 17.0 Å². The fraction of sp³-hybridized carbons (Fsp3) is 0.324. The van der Waals surface area contributed by atoms with Crippen molar-refractivity contribution in [3.8, 4) is 22.8 Å². The van der Waals surface area contributed by atoms with Crippen molar-refractivity contribution in [1.82, 2.24) is 0 Å². The Morgan fingerprint density at radius 2 is 1.64 bits per heavy atom. The minimum absolute atomic E-state index is 0.249. The second kappa shape index (κ2) is 8.06. The van der Waals surface area contributed by atoms with E-state index in [0.717, 1.165) is 24.3 Å². The first-order valence-corrected chi connectivity index (χ1v) is 13.2. The highest BCUT2D eigenvalue weighted by atomic mass is 16.5. The number of fused-ring (bicyclic) bond motifs is 5. The average molecular weight is 475 g/mol. The van der Waals surface area contributed by atoms with Crippen molar-refractivity contribution in [2.45, 2.75) is 54.4 Å². The van der Waals surface area contributed by atoms with Gasteiger partial charge < -0.3 is 4.74 Å². The predicted octanol–water partition coefficient (Wildman–Crippen LogP) is 8.84. The average Bonchev–Trinajstić information content (AvgIpc) is 2.81. The molecule has 0 bridgehead atoms. The van der Waals surface area contributed by atoms with Gasteiger partial charge in [-0.05, 0) is 69.8 Å². The van der Waals surface area contributed by atoms with Gasteiger partial charge in [0.15, 0.2) is 6.20 Å². The fourth-order valence-corrected chi connectivity index (χ4v) is 6.19. The SMILES string of the molecule is Cc1c2c(c(CC(C)C)c3ccccc13)Oc1cc3cc(CC(C)(C)C)ccc3c3cc[n+](C)c-2c13. The van der Waals surface area contributed by atoms with E-state index in [1.54, 1.807) is 0 Å². The minimum Gasteiger partial charge on any atom is -0.455 e. The number of hydrogen-bond acceptors (Lipinski definition) is 1. The molecule has 0 radical (unpaired) electrons. The van der Waals surface area contributed by atoms with Crippen molar-refractivity contribution in [2.75, 3.05) is 0 Å². The van der Waals surface area contributed by atoms with Crippen LogP contribution in [0.15, 0.2) is 60.8 Å². The molecule has 4 aromatic carbocycles. The zero-order chi connectivity index (χ0) is 25.4. The molecule has 2 heteroatoms. The first-order chi connectivity index (χ1) is 17.1. The Hall–Kier alpha value is -3.39. The lowest BCUT2D eigenvalue weighted by molar-refractivity contribution is -0.659. The molecule has 0 spiro atoms. The summed E-state index contributed by atoms with van der Waals surface area (Å²) in [4.78, 5) is 0. The third-order valence-electron chi connectivity index (χ3n) is 7.59. The zero-order valence-electron chi connectivity index (χ0n) is 22.6. The first-order valence-electron chi connectivity index (χ1n) is 13.2. The Labute approximate surface area is 214 Å². The number of pyridine rings is 1. The highest BCUT2D eigenvalue weighted by Crippen LogP contribution is 2.52. The van der Waals surface area contributed by atoms with Crippen LogP contribution < -0.4 is 9.30 Å². The maximum atomic E-state index is 6.96. The normalized spacial score (nSPS) is 13.0. The van der Waals surface area contributed by atoms with E-state index in [0.29, 0.717) is 5.92 Å². The van der Waals surface area contributed by atoms with Crippen molar-refractivity contribution < 1.29 is 9.30 Å². The Morgan fingerprint density at radius 1 is 0.889 bits per heavy atom. The Kier molecular flexibility index (Phi) is 5.16. The van der Waals surface area contributed by atoms with E-state index in [2.05, 4.69) is 114 Å². The second-order valence-electron chi connectivity index (χ2n) is 12.3. The Bertz CT molecular complexity index is 1680. The maximum absolute atomic E-state index is 6.96. The summed E-state index contributed by atoms with van der Waals surface area (Å²) in [5.41, 5.74) is 6.75. The molecule has 1 aromatic heterocycles. The Balaban J connectivity index is 1.71. The lowest BCUT2D eigenvalue weighted by Crippen LogP contribution is -2.32. The summed E-state index contributed by atoms with van der Waals surface area (Å²) in [5.74, 6) is 2.55. The largest absolute Gasteiger partial charge is 0.455 e. The molecule has 0 unspecified atom stereocenters. The van der Waals surface area contributed by atoms with Crippen LogP contribution in [0.3, 0.4) is 0 Å². The van der Waals surface area contributed by atoms with Gasteiger partial charge in [0.1, 0.15) is 18.5 Å². The van der Waals surface area contributed by atoms with Crippen molar-refractivity contribution in [3.63, 3.8) is 0 Å². The molecule has 1 aliphatic heterocycles. The molecule has 6 rings (SSSR count). The van der Waals surface area contributed by atoms with Crippen LogP contribution in [0.25, 0.3) is 43.6 Å². The van der Waals surface area contributed by atoms with Gasteiger partial charge in [-0.15, -0.1) is 0 Å². The molecule has 0 fully saturated rings.